The smallest absolute Gasteiger partial charge is 0.200 e. The van der Waals surface area contributed by atoms with Gasteiger partial charge in [0, 0.05) is 26.2 Å². The van der Waals surface area contributed by atoms with Gasteiger partial charge in [0.2, 0.25) is 0 Å². The quantitative estimate of drug-likeness (QED) is 0.786. The van der Waals surface area contributed by atoms with Crippen LogP contribution in [0.4, 0.5) is 15.8 Å². The van der Waals surface area contributed by atoms with Crippen LogP contribution in [-0.2, 0) is 9.84 Å². The van der Waals surface area contributed by atoms with E-state index < -0.39 is 20.4 Å². The second-order valence-electron chi connectivity index (χ2n) is 7.69. The molecular weight excluding hydrogens is 379 g/mol. The molecule has 6 nitrogen and oxygen atoms in total. The van der Waals surface area contributed by atoms with Gasteiger partial charge in [0.25, 0.3) is 0 Å². The summed E-state index contributed by atoms with van der Waals surface area (Å²) >= 11 is 0. The van der Waals surface area contributed by atoms with Crippen LogP contribution in [0, 0.1) is 17.1 Å². The first-order valence-electron chi connectivity index (χ1n) is 9.04. The Morgan fingerprint density at radius 3 is 2.25 bits per heavy atom. The van der Waals surface area contributed by atoms with Gasteiger partial charge in [0.05, 0.1) is 22.3 Å². The van der Waals surface area contributed by atoms with Gasteiger partial charge >= 0.3 is 0 Å². The molecule has 2 heterocycles. The number of anilines is 2. The summed E-state index contributed by atoms with van der Waals surface area (Å²) < 4.78 is 37.9. The van der Waals surface area contributed by atoms with Crippen molar-refractivity contribution in [2.24, 2.45) is 0 Å². The van der Waals surface area contributed by atoms with E-state index in [9.17, 15) is 18.1 Å². The van der Waals surface area contributed by atoms with Crippen molar-refractivity contribution in [3.63, 3.8) is 0 Å². The number of aromatic nitrogens is 1. The Hall–Kier alpha value is -2.66. The summed E-state index contributed by atoms with van der Waals surface area (Å²) in [5, 5.41) is 9.29. The molecule has 1 fully saturated rings. The number of nitriles is 1. The van der Waals surface area contributed by atoms with Crippen molar-refractivity contribution in [2.45, 2.75) is 30.5 Å². The van der Waals surface area contributed by atoms with E-state index in [1.807, 2.05) is 11.0 Å². The average molecular weight is 402 g/mol. The number of benzene rings is 1. The summed E-state index contributed by atoms with van der Waals surface area (Å²) in [7, 11) is -3.48. The molecule has 0 saturated carbocycles. The first-order valence-corrected chi connectivity index (χ1v) is 10.5. The van der Waals surface area contributed by atoms with Crippen LogP contribution in [0.5, 0.6) is 0 Å². The van der Waals surface area contributed by atoms with Crippen LogP contribution in [0.3, 0.4) is 0 Å². The fraction of sp³-hybridized carbons (Fsp3) is 0.400. The number of nitrogens with zero attached hydrogens (tertiary/aromatic N) is 4. The van der Waals surface area contributed by atoms with Crippen molar-refractivity contribution in [1.29, 1.82) is 5.26 Å². The van der Waals surface area contributed by atoms with E-state index in [-0.39, 0.29) is 10.6 Å². The Kier molecular flexibility index (Phi) is 5.31. The zero-order chi connectivity index (χ0) is 20.5. The number of hydrogen-bond acceptors (Lipinski definition) is 6. The summed E-state index contributed by atoms with van der Waals surface area (Å²) in [6.07, 6.45) is 1.58. The van der Waals surface area contributed by atoms with E-state index in [2.05, 4.69) is 9.88 Å². The maximum Gasteiger partial charge on any atom is 0.200 e. The van der Waals surface area contributed by atoms with Gasteiger partial charge in [-0.15, -0.1) is 0 Å². The van der Waals surface area contributed by atoms with Crippen LogP contribution in [0.2, 0.25) is 0 Å². The molecule has 0 N–H and O–H groups in total. The molecule has 0 radical (unpaired) electrons. The van der Waals surface area contributed by atoms with Gasteiger partial charge in [0.15, 0.2) is 14.9 Å². The van der Waals surface area contributed by atoms with Crippen LogP contribution >= 0.6 is 0 Å². The van der Waals surface area contributed by atoms with Gasteiger partial charge in [-0.05, 0) is 45.0 Å². The average Bonchev–Trinajstić information content (AvgIpc) is 2.67. The summed E-state index contributed by atoms with van der Waals surface area (Å²) in [4.78, 5) is 8.26. The van der Waals surface area contributed by atoms with Gasteiger partial charge in [-0.1, -0.05) is 6.07 Å². The second kappa shape index (κ2) is 7.40. The predicted molar refractivity (Wildman–Crippen MR) is 107 cm³/mol. The molecule has 8 heteroatoms. The Morgan fingerprint density at radius 2 is 1.71 bits per heavy atom. The second-order valence-corrected chi connectivity index (χ2v) is 10.3. The van der Waals surface area contributed by atoms with E-state index in [1.165, 1.54) is 6.07 Å². The summed E-state index contributed by atoms with van der Waals surface area (Å²) in [5.41, 5.74) is 1.51. The number of pyridine rings is 1. The Balaban J connectivity index is 1.73. The van der Waals surface area contributed by atoms with Crippen molar-refractivity contribution >= 4 is 21.2 Å². The SMILES string of the molecule is CC(C)(C)S(=O)(=O)c1ccc(N2CCN(c3cccc(F)c3C#N)CC2)cn1. The predicted octanol–water partition coefficient (Wildman–Crippen LogP) is 2.99. The van der Waals surface area contributed by atoms with Crippen LogP contribution < -0.4 is 9.80 Å². The fourth-order valence-corrected chi connectivity index (χ4v) is 4.19. The lowest BCUT2D eigenvalue weighted by Gasteiger charge is -2.37. The van der Waals surface area contributed by atoms with E-state index in [4.69, 9.17) is 0 Å². The number of sulfone groups is 1. The third-order valence-electron chi connectivity index (χ3n) is 4.89. The minimum Gasteiger partial charge on any atom is -0.367 e. The van der Waals surface area contributed by atoms with Crippen molar-refractivity contribution in [3.05, 3.63) is 47.9 Å². The molecule has 1 aromatic heterocycles. The number of halogens is 1. The molecule has 0 atom stereocenters. The highest BCUT2D eigenvalue weighted by atomic mass is 32.2. The van der Waals surface area contributed by atoms with Crippen LogP contribution in [0.15, 0.2) is 41.6 Å². The Bertz CT molecular complexity index is 1000. The number of rotatable bonds is 3. The van der Waals surface area contributed by atoms with Crippen LogP contribution in [-0.4, -0.2) is 44.3 Å². The zero-order valence-corrected chi connectivity index (χ0v) is 17.0. The maximum atomic E-state index is 13.8. The Labute approximate surface area is 165 Å². The third kappa shape index (κ3) is 3.67. The highest BCUT2D eigenvalue weighted by Gasteiger charge is 2.32. The molecule has 28 heavy (non-hydrogen) atoms. The molecule has 0 spiro atoms. The lowest BCUT2D eigenvalue weighted by atomic mass is 10.1. The van der Waals surface area contributed by atoms with Gasteiger partial charge < -0.3 is 9.80 Å². The van der Waals surface area contributed by atoms with Crippen molar-refractivity contribution in [3.8, 4) is 6.07 Å². The van der Waals surface area contributed by atoms with Crippen molar-refractivity contribution < 1.29 is 12.8 Å². The molecular formula is C20H23FN4O2S. The monoisotopic (exact) mass is 402 g/mol. The molecule has 0 bridgehead atoms. The highest BCUT2D eigenvalue weighted by molar-refractivity contribution is 7.92. The lowest BCUT2D eigenvalue weighted by molar-refractivity contribution is 0.556. The number of piperazine rings is 1. The minimum atomic E-state index is -3.48. The van der Waals surface area contributed by atoms with Crippen molar-refractivity contribution in [1.82, 2.24) is 4.98 Å². The largest absolute Gasteiger partial charge is 0.367 e. The molecule has 0 amide bonds. The van der Waals surface area contributed by atoms with Gasteiger partial charge in [0.1, 0.15) is 17.4 Å². The normalized spacial score (nSPS) is 15.4. The topological polar surface area (TPSA) is 77.3 Å². The molecule has 1 saturated heterocycles. The van der Waals surface area contributed by atoms with Crippen LogP contribution in [0.25, 0.3) is 0 Å². The summed E-state index contributed by atoms with van der Waals surface area (Å²) in [6.45, 7) is 7.53. The first-order chi connectivity index (χ1) is 13.1. The molecule has 1 aromatic carbocycles. The molecule has 3 rings (SSSR count). The lowest BCUT2D eigenvalue weighted by Crippen LogP contribution is -2.46. The summed E-state index contributed by atoms with van der Waals surface area (Å²) in [5.74, 6) is -0.512. The standard InChI is InChI=1S/C20H23FN4O2S/c1-20(2,3)28(26,27)19-8-7-15(14-23-19)24-9-11-25(12-10-24)18-6-4-5-17(21)16(18)13-22/h4-8,14H,9-12H2,1-3H3. The molecule has 0 aliphatic carbocycles. The van der Waals surface area contributed by atoms with Crippen LogP contribution in [0.1, 0.15) is 26.3 Å². The molecule has 1 aliphatic heterocycles. The molecule has 1 aliphatic rings. The Morgan fingerprint density at radius 1 is 1.07 bits per heavy atom. The van der Waals surface area contributed by atoms with Crippen molar-refractivity contribution in [2.75, 3.05) is 36.0 Å². The maximum absolute atomic E-state index is 13.8. The number of hydrogen-bond donors (Lipinski definition) is 0. The first kappa shape index (κ1) is 20.1. The molecule has 2 aromatic rings. The highest BCUT2D eigenvalue weighted by Crippen LogP contribution is 2.27. The third-order valence-corrected chi connectivity index (χ3v) is 7.30. The van der Waals surface area contributed by atoms with E-state index in [0.29, 0.717) is 31.9 Å². The molecule has 148 valence electrons. The molecule has 0 unspecified atom stereocenters. The van der Waals surface area contributed by atoms with E-state index in [0.717, 1.165) is 5.69 Å². The fourth-order valence-electron chi connectivity index (χ4n) is 3.12. The van der Waals surface area contributed by atoms with Gasteiger partial charge in [-0.25, -0.2) is 17.8 Å². The summed E-state index contributed by atoms with van der Waals surface area (Å²) in [6, 6.07) is 9.90. The van der Waals surface area contributed by atoms with Gasteiger partial charge in [-0.3, -0.25) is 0 Å². The van der Waals surface area contributed by atoms with E-state index in [1.54, 1.807) is 51.2 Å². The van der Waals surface area contributed by atoms with E-state index >= 15 is 0 Å². The minimum absolute atomic E-state index is 0.0642. The van der Waals surface area contributed by atoms with Gasteiger partial charge in [-0.2, -0.15) is 5.26 Å². The zero-order valence-electron chi connectivity index (χ0n) is 16.2.